The molecule has 0 spiro atoms. The number of alkyl halides is 3. The first-order valence-corrected chi connectivity index (χ1v) is 12.0. The molecule has 0 amide bonds. The quantitative estimate of drug-likeness (QED) is 0.482. The van der Waals surface area contributed by atoms with Crippen LogP contribution in [-0.4, -0.2) is 46.2 Å². The van der Waals surface area contributed by atoms with E-state index in [-0.39, 0.29) is 41.7 Å². The normalized spacial score (nSPS) is 20.6. The lowest BCUT2D eigenvalue weighted by molar-refractivity contribution is -0.140. The van der Waals surface area contributed by atoms with Crippen molar-refractivity contribution in [2.75, 3.05) is 24.6 Å². The van der Waals surface area contributed by atoms with Gasteiger partial charge in [0.15, 0.2) is 0 Å². The highest BCUT2D eigenvalue weighted by Crippen LogP contribution is 2.41. The Labute approximate surface area is 210 Å². The maximum Gasteiger partial charge on any atom is 0.419 e. The highest BCUT2D eigenvalue weighted by molar-refractivity contribution is 5.93. The fourth-order valence-corrected chi connectivity index (χ4v) is 5.55. The van der Waals surface area contributed by atoms with E-state index in [4.69, 9.17) is 4.74 Å². The van der Waals surface area contributed by atoms with Gasteiger partial charge >= 0.3 is 6.18 Å². The van der Waals surface area contributed by atoms with Gasteiger partial charge in [-0.2, -0.15) is 18.4 Å². The number of hydrogen-bond donors (Lipinski definition) is 0. The van der Waals surface area contributed by atoms with Crippen molar-refractivity contribution < 1.29 is 22.3 Å². The number of nitrogens with zero attached hydrogens (tertiary/aromatic N) is 5. The number of hydrogen-bond acceptors (Lipinski definition) is 6. The van der Waals surface area contributed by atoms with Gasteiger partial charge < -0.3 is 14.2 Å². The van der Waals surface area contributed by atoms with Gasteiger partial charge in [-0.1, -0.05) is 13.0 Å². The summed E-state index contributed by atoms with van der Waals surface area (Å²) in [6.45, 7) is 5.10. The maximum atomic E-state index is 14.4. The zero-order valence-electron chi connectivity index (χ0n) is 20.5. The Bertz CT molecular complexity index is 1480. The standard InChI is InChI=1S/C26H25F4N5O2/c1-4-20(15-5-7-18(19(27)9-15)26(28,29)30)34-12-17-13-37-24-23(35(17)11-14(34)2)22-21(33(3)25(24)36)8-6-16(10-31)32-22/h5-9,14,17,20H,4,11-13H2,1-3H3/t14-,17+,20-/m1/s1. The number of rotatable bonds is 3. The molecule has 2 aliphatic rings. The van der Waals surface area contributed by atoms with Crippen molar-refractivity contribution in [2.24, 2.45) is 7.05 Å². The third-order valence-corrected chi connectivity index (χ3v) is 7.36. The van der Waals surface area contributed by atoms with Crippen molar-refractivity contribution in [2.45, 2.75) is 44.6 Å². The minimum Gasteiger partial charge on any atom is -0.484 e. The number of ether oxygens (including phenoxy) is 1. The molecule has 4 heterocycles. The van der Waals surface area contributed by atoms with Crippen LogP contribution in [0.15, 0.2) is 35.1 Å². The molecular formula is C26H25F4N5O2. The zero-order chi connectivity index (χ0) is 26.6. The first-order valence-electron chi connectivity index (χ1n) is 12.0. The van der Waals surface area contributed by atoms with Crippen molar-refractivity contribution >= 4 is 16.7 Å². The number of aryl methyl sites for hydroxylation is 1. The van der Waals surface area contributed by atoms with E-state index in [9.17, 15) is 27.6 Å². The summed E-state index contributed by atoms with van der Waals surface area (Å²) in [6.07, 6.45) is -4.19. The Balaban J connectivity index is 1.52. The summed E-state index contributed by atoms with van der Waals surface area (Å²) in [4.78, 5) is 21.8. The molecule has 194 valence electrons. The number of anilines is 1. The summed E-state index contributed by atoms with van der Waals surface area (Å²) in [5.74, 6) is -1.10. The molecule has 0 bridgehead atoms. The number of fused-ring (bicyclic) bond motifs is 5. The molecule has 3 atom stereocenters. The van der Waals surface area contributed by atoms with E-state index in [2.05, 4.69) is 14.8 Å². The Hall–Kier alpha value is -3.65. The second-order valence-corrected chi connectivity index (χ2v) is 9.54. The molecule has 0 N–H and O–H groups in total. The molecule has 0 saturated carbocycles. The first-order chi connectivity index (χ1) is 17.5. The van der Waals surface area contributed by atoms with Gasteiger partial charge in [0.2, 0.25) is 5.75 Å². The predicted octanol–water partition coefficient (Wildman–Crippen LogP) is 4.39. The highest BCUT2D eigenvalue weighted by atomic mass is 19.4. The Morgan fingerprint density at radius 1 is 1.24 bits per heavy atom. The molecule has 5 rings (SSSR count). The fraction of sp³-hybridized carbons (Fsp3) is 0.423. The summed E-state index contributed by atoms with van der Waals surface area (Å²) < 4.78 is 61.0. The Kier molecular flexibility index (Phi) is 6.10. The summed E-state index contributed by atoms with van der Waals surface area (Å²) in [5.41, 5.74) is 0.745. The van der Waals surface area contributed by atoms with E-state index in [1.165, 1.54) is 10.6 Å². The van der Waals surface area contributed by atoms with Crippen LogP contribution in [0.25, 0.3) is 11.0 Å². The molecule has 1 saturated heterocycles. The molecule has 0 unspecified atom stereocenters. The second-order valence-electron chi connectivity index (χ2n) is 9.54. The summed E-state index contributed by atoms with van der Waals surface area (Å²) >= 11 is 0. The molecule has 0 radical (unpaired) electrons. The first kappa shape index (κ1) is 25.0. The van der Waals surface area contributed by atoms with Crippen molar-refractivity contribution in [3.8, 4) is 11.8 Å². The maximum absolute atomic E-state index is 14.4. The SMILES string of the molecule is CC[C@H](c1ccc(C(F)(F)F)c(F)c1)N1C[C@H]2COc3c(c4nc(C#N)ccc4n(C)c3=O)N2C[C@H]1C. The summed E-state index contributed by atoms with van der Waals surface area (Å²) in [6, 6.07) is 7.84. The largest absolute Gasteiger partial charge is 0.484 e. The minimum atomic E-state index is -4.75. The van der Waals surface area contributed by atoms with E-state index in [1.807, 2.05) is 19.9 Å². The summed E-state index contributed by atoms with van der Waals surface area (Å²) in [5, 5.41) is 9.39. The van der Waals surface area contributed by atoms with Gasteiger partial charge in [-0.3, -0.25) is 9.69 Å². The molecule has 1 fully saturated rings. The highest BCUT2D eigenvalue weighted by Gasteiger charge is 2.41. The Morgan fingerprint density at radius 2 is 2.00 bits per heavy atom. The van der Waals surface area contributed by atoms with Crippen molar-refractivity contribution in [1.29, 1.82) is 5.26 Å². The molecule has 3 aromatic rings. The molecular weight excluding hydrogens is 490 g/mol. The number of benzene rings is 1. The lowest BCUT2D eigenvalue weighted by Crippen LogP contribution is -2.61. The lowest BCUT2D eigenvalue weighted by Gasteiger charge is -2.50. The van der Waals surface area contributed by atoms with Gasteiger partial charge in [-0.25, -0.2) is 9.37 Å². The van der Waals surface area contributed by atoms with Gasteiger partial charge in [-0.15, -0.1) is 0 Å². The van der Waals surface area contributed by atoms with Crippen LogP contribution < -0.4 is 15.2 Å². The zero-order valence-corrected chi connectivity index (χ0v) is 20.5. The van der Waals surface area contributed by atoms with E-state index in [0.717, 1.165) is 12.1 Å². The number of pyridine rings is 2. The smallest absolute Gasteiger partial charge is 0.419 e. The van der Waals surface area contributed by atoms with Crippen LogP contribution in [0.1, 0.15) is 43.1 Å². The molecule has 37 heavy (non-hydrogen) atoms. The lowest BCUT2D eigenvalue weighted by atomic mass is 9.95. The van der Waals surface area contributed by atoms with E-state index in [0.29, 0.717) is 41.8 Å². The van der Waals surface area contributed by atoms with Gasteiger partial charge in [0.1, 0.15) is 35.4 Å². The van der Waals surface area contributed by atoms with Gasteiger partial charge in [0.05, 0.1) is 17.1 Å². The van der Waals surface area contributed by atoms with Crippen LogP contribution in [0.3, 0.4) is 0 Å². The van der Waals surface area contributed by atoms with Gasteiger partial charge in [0.25, 0.3) is 5.56 Å². The summed E-state index contributed by atoms with van der Waals surface area (Å²) in [7, 11) is 1.63. The number of piperazine rings is 1. The third-order valence-electron chi connectivity index (χ3n) is 7.36. The van der Waals surface area contributed by atoms with Crippen LogP contribution in [0.5, 0.6) is 5.75 Å². The van der Waals surface area contributed by atoms with Crippen molar-refractivity contribution in [1.82, 2.24) is 14.5 Å². The van der Waals surface area contributed by atoms with Gasteiger partial charge in [0, 0.05) is 32.2 Å². The molecule has 0 aliphatic carbocycles. The number of nitriles is 1. The second kappa shape index (κ2) is 9.03. The fourth-order valence-electron chi connectivity index (χ4n) is 5.55. The molecule has 11 heteroatoms. The monoisotopic (exact) mass is 515 g/mol. The van der Waals surface area contributed by atoms with Crippen LogP contribution in [0.2, 0.25) is 0 Å². The van der Waals surface area contributed by atoms with Crippen LogP contribution in [-0.2, 0) is 13.2 Å². The Morgan fingerprint density at radius 3 is 2.65 bits per heavy atom. The molecule has 7 nitrogen and oxygen atoms in total. The topological polar surface area (TPSA) is 74.4 Å². The number of halogens is 4. The van der Waals surface area contributed by atoms with E-state index in [1.54, 1.807) is 19.2 Å². The minimum absolute atomic E-state index is 0.0873. The van der Waals surface area contributed by atoms with Crippen molar-refractivity contribution in [3.63, 3.8) is 0 Å². The predicted molar refractivity (Wildman–Crippen MR) is 129 cm³/mol. The van der Waals surface area contributed by atoms with E-state index < -0.39 is 17.6 Å². The molecule has 2 aromatic heterocycles. The van der Waals surface area contributed by atoms with Crippen molar-refractivity contribution in [3.05, 3.63) is 63.3 Å². The molecule has 1 aromatic carbocycles. The van der Waals surface area contributed by atoms with Crippen LogP contribution >= 0.6 is 0 Å². The van der Waals surface area contributed by atoms with Crippen LogP contribution in [0.4, 0.5) is 23.2 Å². The third kappa shape index (κ3) is 4.09. The number of aromatic nitrogens is 2. The van der Waals surface area contributed by atoms with E-state index >= 15 is 0 Å². The average Bonchev–Trinajstić information content (AvgIpc) is 2.86. The average molecular weight is 516 g/mol. The van der Waals surface area contributed by atoms with Crippen LogP contribution in [0, 0.1) is 17.1 Å². The molecule has 2 aliphatic heterocycles. The van der Waals surface area contributed by atoms with Gasteiger partial charge in [-0.05, 0) is 43.2 Å².